The fourth-order valence-electron chi connectivity index (χ4n) is 2.55. The van der Waals surface area contributed by atoms with Crippen LogP contribution in [0.1, 0.15) is 41.5 Å². The predicted molar refractivity (Wildman–Crippen MR) is 90.9 cm³/mol. The van der Waals surface area contributed by atoms with Crippen LogP contribution in [0.4, 0.5) is 13.2 Å². The first kappa shape index (κ1) is 18.6. The average molecular weight is 384 g/mol. The van der Waals surface area contributed by atoms with Gasteiger partial charge in [-0.25, -0.2) is 9.97 Å². The number of aromatic nitrogens is 2. The molecular formula is C18H17ClF3N3O. The predicted octanol–water partition coefficient (Wildman–Crippen LogP) is 3.93. The van der Waals surface area contributed by atoms with E-state index in [-0.39, 0.29) is 37.0 Å². The zero-order chi connectivity index (χ0) is 18.7. The Morgan fingerprint density at radius 1 is 1.23 bits per heavy atom. The largest absolute Gasteiger partial charge is 0.433 e. The summed E-state index contributed by atoms with van der Waals surface area (Å²) in [6, 6.07) is 8.02. The van der Waals surface area contributed by atoms with Gasteiger partial charge in [-0.15, -0.1) is 0 Å². The van der Waals surface area contributed by atoms with Crippen LogP contribution in [0.5, 0.6) is 0 Å². The summed E-state index contributed by atoms with van der Waals surface area (Å²) in [5.74, 6) is -0.0695. The monoisotopic (exact) mass is 383 g/mol. The minimum absolute atomic E-state index is 0.0904. The number of hydrogen-bond acceptors (Lipinski definition) is 3. The Bertz CT molecular complexity index is 807. The van der Waals surface area contributed by atoms with Crippen molar-refractivity contribution in [1.29, 1.82) is 0 Å². The van der Waals surface area contributed by atoms with E-state index in [1.165, 1.54) is 0 Å². The van der Waals surface area contributed by atoms with E-state index >= 15 is 0 Å². The molecule has 1 N–H and O–H groups in total. The van der Waals surface area contributed by atoms with Gasteiger partial charge in [0, 0.05) is 29.6 Å². The van der Waals surface area contributed by atoms with Gasteiger partial charge in [-0.05, 0) is 30.5 Å². The van der Waals surface area contributed by atoms with Crippen molar-refractivity contribution >= 4 is 17.5 Å². The van der Waals surface area contributed by atoms with E-state index in [9.17, 15) is 18.0 Å². The van der Waals surface area contributed by atoms with Crippen LogP contribution in [-0.2, 0) is 23.8 Å². The topological polar surface area (TPSA) is 54.9 Å². The van der Waals surface area contributed by atoms with Crippen molar-refractivity contribution in [2.24, 2.45) is 0 Å². The summed E-state index contributed by atoms with van der Waals surface area (Å²) in [5.41, 5.74) is 0.203. The van der Waals surface area contributed by atoms with Crippen LogP contribution in [0.2, 0.25) is 5.02 Å². The maximum absolute atomic E-state index is 13.0. The zero-order valence-electron chi connectivity index (χ0n) is 13.8. The number of amides is 1. The van der Waals surface area contributed by atoms with Gasteiger partial charge in [0.05, 0.1) is 6.42 Å². The third-order valence-electron chi connectivity index (χ3n) is 4.06. The van der Waals surface area contributed by atoms with Gasteiger partial charge >= 0.3 is 6.18 Å². The molecule has 1 aliphatic rings. The number of nitrogens with zero attached hydrogens (tertiary/aromatic N) is 2. The highest BCUT2D eigenvalue weighted by atomic mass is 35.5. The molecule has 0 saturated heterocycles. The van der Waals surface area contributed by atoms with E-state index in [2.05, 4.69) is 15.3 Å². The third-order valence-corrected chi connectivity index (χ3v) is 4.43. The van der Waals surface area contributed by atoms with Gasteiger partial charge in [0.25, 0.3) is 0 Å². The summed E-state index contributed by atoms with van der Waals surface area (Å²) in [7, 11) is 0. The second kappa shape index (κ2) is 7.61. The van der Waals surface area contributed by atoms with Gasteiger partial charge in [0.1, 0.15) is 11.5 Å². The Hall–Kier alpha value is -2.15. The van der Waals surface area contributed by atoms with Crippen molar-refractivity contribution in [2.45, 2.75) is 37.8 Å². The summed E-state index contributed by atoms with van der Waals surface area (Å²) in [6.45, 7) is 0.161. The number of benzene rings is 1. The normalized spacial score (nSPS) is 14.3. The number of alkyl halides is 3. The molecule has 1 aromatic heterocycles. The molecule has 1 saturated carbocycles. The molecule has 1 heterocycles. The fourth-order valence-corrected chi connectivity index (χ4v) is 2.76. The second-order valence-electron chi connectivity index (χ2n) is 6.23. The molecule has 8 heteroatoms. The Kier molecular flexibility index (Phi) is 5.46. The smallest absolute Gasteiger partial charge is 0.355 e. The Labute approximate surface area is 153 Å². The number of carbonyl (C=O) groups excluding carboxylic acids is 1. The molecule has 0 atom stereocenters. The molecule has 0 spiro atoms. The first-order valence-corrected chi connectivity index (χ1v) is 8.66. The van der Waals surface area contributed by atoms with Crippen LogP contribution < -0.4 is 5.32 Å². The summed E-state index contributed by atoms with van der Waals surface area (Å²) >= 11 is 6.00. The molecule has 0 radical (unpaired) electrons. The van der Waals surface area contributed by atoms with Gasteiger partial charge in [0.2, 0.25) is 5.91 Å². The van der Waals surface area contributed by atoms with Crippen LogP contribution in [0.3, 0.4) is 0 Å². The number of halogens is 4. The maximum Gasteiger partial charge on any atom is 0.433 e. The van der Waals surface area contributed by atoms with Gasteiger partial charge in [-0.1, -0.05) is 29.8 Å². The molecule has 0 bridgehead atoms. The fraction of sp³-hybridized carbons (Fsp3) is 0.389. The van der Waals surface area contributed by atoms with E-state index in [1.807, 2.05) is 0 Å². The van der Waals surface area contributed by atoms with Crippen LogP contribution >= 0.6 is 11.6 Å². The maximum atomic E-state index is 13.0. The molecular weight excluding hydrogens is 367 g/mol. The van der Waals surface area contributed by atoms with Crippen molar-refractivity contribution < 1.29 is 18.0 Å². The molecule has 1 aliphatic carbocycles. The Morgan fingerprint density at radius 2 is 1.96 bits per heavy atom. The van der Waals surface area contributed by atoms with E-state index in [4.69, 9.17) is 11.6 Å². The molecule has 1 aromatic carbocycles. The molecule has 0 aliphatic heterocycles. The number of carbonyl (C=O) groups is 1. The number of rotatable bonds is 6. The molecule has 1 amide bonds. The number of nitrogens with one attached hydrogen (secondary N) is 1. The average Bonchev–Trinajstić information content (AvgIpc) is 3.41. The first-order chi connectivity index (χ1) is 12.3. The summed E-state index contributed by atoms with van der Waals surface area (Å²) in [4.78, 5) is 19.8. The molecule has 138 valence electrons. The van der Waals surface area contributed by atoms with Gasteiger partial charge in [-0.3, -0.25) is 4.79 Å². The minimum atomic E-state index is -4.51. The van der Waals surface area contributed by atoms with Crippen molar-refractivity contribution in [2.75, 3.05) is 6.54 Å². The SMILES string of the molecule is O=C(Cc1ccccc1Cl)NCCc1nc(C2CC2)cc(C(F)(F)F)n1. The molecule has 3 rings (SSSR count). The van der Waals surface area contributed by atoms with Crippen LogP contribution in [-0.4, -0.2) is 22.4 Å². The highest BCUT2D eigenvalue weighted by Crippen LogP contribution is 2.40. The van der Waals surface area contributed by atoms with Crippen molar-refractivity contribution in [3.05, 3.63) is 58.1 Å². The standard InChI is InChI=1S/C18H17ClF3N3O/c19-13-4-2-1-3-12(13)9-17(26)23-8-7-16-24-14(11-5-6-11)10-15(25-16)18(20,21)22/h1-4,10-11H,5-9H2,(H,23,26). The Morgan fingerprint density at radius 3 is 2.62 bits per heavy atom. The molecule has 26 heavy (non-hydrogen) atoms. The van der Waals surface area contributed by atoms with Gasteiger partial charge in [-0.2, -0.15) is 13.2 Å². The van der Waals surface area contributed by atoms with Crippen molar-refractivity contribution in [3.8, 4) is 0 Å². The lowest BCUT2D eigenvalue weighted by molar-refractivity contribution is -0.141. The highest BCUT2D eigenvalue weighted by Gasteiger charge is 2.35. The summed E-state index contributed by atoms with van der Waals surface area (Å²) in [6.07, 6.45) is -2.56. The van der Waals surface area contributed by atoms with Crippen LogP contribution in [0.25, 0.3) is 0 Å². The van der Waals surface area contributed by atoms with E-state index in [0.29, 0.717) is 16.3 Å². The molecule has 1 fully saturated rings. The van der Waals surface area contributed by atoms with Crippen molar-refractivity contribution in [3.63, 3.8) is 0 Å². The summed E-state index contributed by atoms with van der Waals surface area (Å²) in [5, 5.41) is 3.17. The quantitative estimate of drug-likeness (QED) is 0.822. The van der Waals surface area contributed by atoms with Crippen molar-refractivity contribution in [1.82, 2.24) is 15.3 Å². The lowest BCUT2D eigenvalue weighted by Crippen LogP contribution is -2.28. The Balaban J connectivity index is 1.60. The molecule has 4 nitrogen and oxygen atoms in total. The lowest BCUT2D eigenvalue weighted by Gasteiger charge is -2.11. The third kappa shape index (κ3) is 4.94. The minimum Gasteiger partial charge on any atom is -0.355 e. The molecule has 2 aromatic rings. The van der Waals surface area contributed by atoms with Crippen LogP contribution in [0.15, 0.2) is 30.3 Å². The zero-order valence-corrected chi connectivity index (χ0v) is 14.6. The van der Waals surface area contributed by atoms with E-state index < -0.39 is 11.9 Å². The van der Waals surface area contributed by atoms with Crippen LogP contribution in [0, 0.1) is 0 Å². The highest BCUT2D eigenvalue weighted by molar-refractivity contribution is 6.31. The molecule has 0 unspecified atom stereocenters. The number of hydrogen-bond donors (Lipinski definition) is 1. The van der Waals surface area contributed by atoms with Gasteiger partial charge < -0.3 is 5.32 Å². The van der Waals surface area contributed by atoms with Gasteiger partial charge in [0.15, 0.2) is 0 Å². The van der Waals surface area contributed by atoms with E-state index in [1.54, 1.807) is 24.3 Å². The summed E-state index contributed by atoms with van der Waals surface area (Å²) < 4.78 is 39.0. The van der Waals surface area contributed by atoms with E-state index in [0.717, 1.165) is 18.9 Å². The first-order valence-electron chi connectivity index (χ1n) is 8.28. The second-order valence-corrected chi connectivity index (χ2v) is 6.64. The lowest BCUT2D eigenvalue weighted by atomic mass is 10.1.